The molecule has 0 aliphatic heterocycles. The lowest BCUT2D eigenvalue weighted by Gasteiger charge is -2.23. The Hall–Kier alpha value is -2.65. The summed E-state index contributed by atoms with van der Waals surface area (Å²) in [5.74, 6) is -0.408. The monoisotopic (exact) mass is 365 g/mol. The molecule has 0 fully saturated rings. The number of rotatable bonds is 6. The zero-order valence-corrected chi connectivity index (χ0v) is 14.6. The number of hydrogen-bond donors (Lipinski definition) is 3. The van der Waals surface area contributed by atoms with Crippen LogP contribution in [0.4, 0.5) is 17.1 Å². The van der Waals surface area contributed by atoms with Crippen LogP contribution in [0.15, 0.2) is 51.5 Å². The molecule has 0 radical (unpaired) electrons. The third-order valence-electron chi connectivity index (χ3n) is 3.59. The van der Waals surface area contributed by atoms with Gasteiger partial charge in [0.25, 0.3) is 10.1 Å². The summed E-state index contributed by atoms with van der Waals surface area (Å²) in [6.45, 7) is 4.61. The Morgan fingerprint density at radius 2 is 1.56 bits per heavy atom. The lowest BCUT2D eigenvalue weighted by molar-refractivity contribution is 0.471. The van der Waals surface area contributed by atoms with Crippen molar-refractivity contribution in [3.05, 3.63) is 36.4 Å². The van der Waals surface area contributed by atoms with Gasteiger partial charge in [0, 0.05) is 19.2 Å². The Morgan fingerprint density at radius 3 is 2.12 bits per heavy atom. The second-order valence-electron chi connectivity index (χ2n) is 5.14. The number of benzene rings is 2. The molecule has 2 rings (SSSR count). The number of anilines is 1. The Labute approximate surface area is 145 Å². The van der Waals surface area contributed by atoms with Gasteiger partial charge < -0.3 is 15.1 Å². The van der Waals surface area contributed by atoms with E-state index in [4.69, 9.17) is 0 Å². The fourth-order valence-electron chi connectivity index (χ4n) is 2.30. The van der Waals surface area contributed by atoms with Crippen molar-refractivity contribution >= 4 is 27.2 Å². The lowest BCUT2D eigenvalue weighted by Crippen LogP contribution is -2.23. The van der Waals surface area contributed by atoms with Crippen molar-refractivity contribution in [3.8, 4) is 11.5 Å². The molecule has 0 aliphatic carbocycles. The normalized spacial score (nSPS) is 11.8. The van der Waals surface area contributed by atoms with E-state index in [0.29, 0.717) is 13.1 Å². The fourth-order valence-corrected chi connectivity index (χ4v) is 3.01. The Morgan fingerprint density at radius 1 is 0.960 bits per heavy atom. The van der Waals surface area contributed by atoms with Crippen molar-refractivity contribution < 1.29 is 23.2 Å². The first kappa shape index (κ1) is 18.7. The molecule has 0 saturated carbocycles. The number of azo groups is 1. The van der Waals surface area contributed by atoms with Gasteiger partial charge in [-0.25, -0.2) is 0 Å². The predicted octanol–water partition coefficient (Wildman–Crippen LogP) is 3.61. The van der Waals surface area contributed by atoms with E-state index in [2.05, 4.69) is 10.2 Å². The minimum atomic E-state index is -4.53. The van der Waals surface area contributed by atoms with Gasteiger partial charge in [0.1, 0.15) is 27.8 Å². The van der Waals surface area contributed by atoms with E-state index in [9.17, 15) is 23.2 Å². The summed E-state index contributed by atoms with van der Waals surface area (Å²) in [5.41, 5.74) is 0.182. The molecular weight excluding hydrogens is 346 g/mol. The van der Waals surface area contributed by atoms with Gasteiger partial charge in [0.15, 0.2) is 0 Å². The molecule has 8 nitrogen and oxygen atoms in total. The van der Waals surface area contributed by atoms with Crippen molar-refractivity contribution in [1.29, 1.82) is 0 Å². The third-order valence-corrected chi connectivity index (χ3v) is 4.47. The molecule has 9 heteroatoms. The summed E-state index contributed by atoms with van der Waals surface area (Å²) in [4.78, 5) is 1.30. The van der Waals surface area contributed by atoms with Crippen LogP contribution in [0, 0.1) is 0 Å². The quantitative estimate of drug-likeness (QED) is 0.531. The van der Waals surface area contributed by atoms with Gasteiger partial charge in [-0.3, -0.25) is 4.55 Å². The van der Waals surface area contributed by atoms with Gasteiger partial charge in [0.2, 0.25) is 0 Å². The molecule has 25 heavy (non-hydrogen) atoms. The third kappa shape index (κ3) is 4.25. The standard InChI is InChI=1S/C16H19N3O5S/c1-3-19(4-2)13-10-15(21)12(9-16(13)25(22,23)24)18-17-11-7-5-6-8-14(11)20/h5-10,20-21H,3-4H2,1-2H3,(H,22,23,24). The van der Waals surface area contributed by atoms with Gasteiger partial charge >= 0.3 is 0 Å². The van der Waals surface area contributed by atoms with Gasteiger partial charge in [-0.1, -0.05) is 12.1 Å². The van der Waals surface area contributed by atoms with Crippen LogP contribution in [-0.2, 0) is 10.1 Å². The van der Waals surface area contributed by atoms with Crippen molar-refractivity contribution in [1.82, 2.24) is 0 Å². The van der Waals surface area contributed by atoms with Gasteiger partial charge in [0.05, 0.1) is 5.69 Å². The smallest absolute Gasteiger partial charge is 0.296 e. The van der Waals surface area contributed by atoms with Crippen LogP contribution in [0.5, 0.6) is 11.5 Å². The van der Waals surface area contributed by atoms with Crippen molar-refractivity contribution in [3.63, 3.8) is 0 Å². The molecule has 0 aromatic heterocycles. The van der Waals surface area contributed by atoms with Crippen LogP contribution in [0.2, 0.25) is 0 Å². The van der Waals surface area contributed by atoms with Crippen LogP contribution in [0.1, 0.15) is 13.8 Å². The first-order valence-corrected chi connectivity index (χ1v) is 9.01. The molecule has 0 unspecified atom stereocenters. The summed E-state index contributed by atoms with van der Waals surface area (Å²) in [6, 6.07) is 8.43. The van der Waals surface area contributed by atoms with E-state index in [1.807, 2.05) is 13.8 Å². The highest BCUT2D eigenvalue weighted by Gasteiger charge is 2.22. The molecule has 0 atom stereocenters. The summed E-state index contributed by atoms with van der Waals surface area (Å²) in [5, 5.41) is 27.4. The SMILES string of the molecule is CCN(CC)c1cc(O)c(N=Nc2ccccc2O)cc1S(=O)(=O)O. The Balaban J connectivity index is 2.56. The average molecular weight is 365 g/mol. The molecule has 0 amide bonds. The number of aromatic hydroxyl groups is 2. The van der Waals surface area contributed by atoms with Crippen LogP contribution in [0.25, 0.3) is 0 Å². The van der Waals surface area contributed by atoms with Crippen molar-refractivity contribution in [2.45, 2.75) is 18.7 Å². The van der Waals surface area contributed by atoms with E-state index < -0.39 is 10.1 Å². The Bertz CT molecular complexity index is 893. The second kappa shape index (κ2) is 7.49. The molecule has 0 saturated heterocycles. The molecule has 0 bridgehead atoms. The van der Waals surface area contributed by atoms with Crippen molar-refractivity contribution in [2.75, 3.05) is 18.0 Å². The molecule has 2 aromatic rings. The zero-order chi connectivity index (χ0) is 18.6. The first-order valence-electron chi connectivity index (χ1n) is 7.57. The highest BCUT2D eigenvalue weighted by atomic mass is 32.2. The summed E-state index contributed by atoms with van der Waals surface area (Å²) >= 11 is 0. The van der Waals surface area contributed by atoms with Gasteiger partial charge in [-0.2, -0.15) is 8.42 Å². The number of nitrogens with zero attached hydrogens (tertiary/aromatic N) is 3. The van der Waals surface area contributed by atoms with E-state index in [1.165, 1.54) is 18.2 Å². The summed E-state index contributed by atoms with van der Waals surface area (Å²) in [6.07, 6.45) is 0. The molecular formula is C16H19N3O5S. The number of phenols is 2. The zero-order valence-electron chi connectivity index (χ0n) is 13.8. The minimum Gasteiger partial charge on any atom is -0.506 e. The maximum Gasteiger partial charge on any atom is 0.296 e. The number of hydrogen-bond acceptors (Lipinski definition) is 7. The molecule has 3 N–H and O–H groups in total. The van der Waals surface area contributed by atoms with Crippen LogP contribution < -0.4 is 4.90 Å². The second-order valence-corrected chi connectivity index (χ2v) is 6.53. The molecule has 0 heterocycles. The summed E-state index contributed by atoms with van der Waals surface area (Å²) < 4.78 is 32.9. The maximum atomic E-state index is 11.7. The molecule has 0 aliphatic rings. The first-order chi connectivity index (χ1) is 11.8. The highest BCUT2D eigenvalue weighted by Crippen LogP contribution is 2.38. The van der Waals surface area contributed by atoms with Gasteiger partial charge in [-0.05, 0) is 32.0 Å². The van der Waals surface area contributed by atoms with Crippen LogP contribution in [0.3, 0.4) is 0 Å². The van der Waals surface area contributed by atoms with E-state index in [-0.39, 0.29) is 33.5 Å². The maximum absolute atomic E-state index is 11.7. The molecule has 2 aromatic carbocycles. The van der Waals surface area contributed by atoms with Crippen LogP contribution in [-0.4, -0.2) is 36.3 Å². The number of para-hydroxylation sites is 1. The van der Waals surface area contributed by atoms with Crippen LogP contribution >= 0.6 is 0 Å². The fraction of sp³-hybridized carbons (Fsp3) is 0.250. The van der Waals surface area contributed by atoms with Gasteiger partial charge in [-0.15, -0.1) is 10.2 Å². The Kier molecular flexibility index (Phi) is 5.60. The number of phenolic OH excluding ortho intramolecular Hbond substituents is 2. The average Bonchev–Trinajstić information content (AvgIpc) is 2.55. The largest absolute Gasteiger partial charge is 0.506 e. The topological polar surface area (TPSA) is 123 Å². The molecule has 0 spiro atoms. The highest BCUT2D eigenvalue weighted by molar-refractivity contribution is 7.86. The van der Waals surface area contributed by atoms with Crippen molar-refractivity contribution in [2.24, 2.45) is 10.2 Å². The predicted molar refractivity (Wildman–Crippen MR) is 93.8 cm³/mol. The summed E-state index contributed by atoms with van der Waals surface area (Å²) in [7, 11) is -4.53. The van der Waals surface area contributed by atoms with E-state index in [1.54, 1.807) is 17.0 Å². The van der Waals surface area contributed by atoms with E-state index >= 15 is 0 Å². The lowest BCUT2D eigenvalue weighted by atomic mass is 10.2. The van der Waals surface area contributed by atoms with E-state index in [0.717, 1.165) is 6.07 Å². The molecule has 134 valence electrons. The minimum absolute atomic E-state index is 0.111.